The minimum absolute atomic E-state index is 0.0647. The first-order chi connectivity index (χ1) is 14.0. The van der Waals surface area contributed by atoms with Gasteiger partial charge in [0.05, 0.1) is 6.04 Å². The number of phenolic OH excluding ortho intramolecular Hbond substituents is 1. The Morgan fingerprint density at radius 2 is 1.90 bits per heavy atom. The van der Waals surface area contributed by atoms with E-state index in [9.17, 15) is 14.3 Å². The average Bonchev–Trinajstić information content (AvgIpc) is 2.74. The van der Waals surface area contributed by atoms with Crippen LogP contribution in [-0.4, -0.2) is 22.6 Å². The zero-order valence-corrected chi connectivity index (χ0v) is 17.1. The van der Waals surface area contributed by atoms with E-state index in [-0.39, 0.29) is 12.4 Å². The summed E-state index contributed by atoms with van der Waals surface area (Å²) in [5.74, 6) is -0.539. The number of hydrogen-bond donors (Lipinski definition) is 1. The van der Waals surface area contributed by atoms with Crippen LogP contribution in [0.5, 0.6) is 5.75 Å². The minimum atomic E-state index is -0.643. The van der Waals surface area contributed by atoms with Gasteiger partial charge in [-0.25, -0.2) is 9.18 Å². The first-order valence-electron chi connectivity index (χ1n) is 9.27. The van der Waals surface area contributed by atoms with Crippen molar-refractivity contribution in [1.82, 2.24) is 4.90 Å². The normalized spacial score (nSPS) is 15.7. The van der Waals surface area contributed by atoms with Crippen molar-refractivity contribution in [3.63, 3.8) is 0 Å². The average molecular weight is 456 g/mol. The minimum Gasteiger partial charge on any atom is -0.508 e. The van der Waals surface area contributed by atoms with Gasteiger partial charge in [0.2, 0.25) is 0 Å². The molecule has 4 nitrogen and oxygen atoms in total. The summed E-state index contributed by atoms with van der Waals surface area (Å²) in [5, 5.41) is 10.4. The second-order valence-corrected chi connectivity index (χ2v) is 7.75. The second kappa shape index (κ2) is 8.25. The van der Waals surface area contributed by atoms with Gasteiger partial charge in [-0.1, -0.05) is 58.4 Å². The maximum Gasteiger partial charge on any atom is 0.410 e. The standard InChI is InChI=1S/C23H19BrFNO3/c24-20-8-4-7-18-17(20)11-12-26(22(18)19-13-16(25)9-10-21(19)27)23(28)29-14-15-5-2-1-3-6-15/h1-10,13,22,27H,11-12,14H2. The monoisotopic (exact) mass is 455 g/mol. The first-order valence-corrected chi connectivity index (χ1v) is 10.1. The third-order valence-corrected chi connectivity index (χ3v) is 5.83. The molecule has 1 aliphatic heterocycles. The van der Waals surface area contributed by atoms with E-state index in [1.807, 2.05) is 48.5 Å². The molecular weight excluding hydrogens is 437 g/mol. The van der Waals surface area contributed by atoms with E-state index in [4.69, 9.17) is 4.74 Å². The molecule has 3 aromatic carbocycles. The molecule has 1 aliphatic rings. The molecule has 4 rings (SSSR count). The smallest absolute Gasteiger partial charge is 0.410 e. The van der Waals surface area contributed by atoms with Crippen molar-refractivity contribution in [3.05, 3.63) is 99.3 Å². The van der Waals surface area contributed by atoms with Crippen molar-refractivity contribution in [1.29, 1.82) is 0 Å². The molecule has 0 saturated carbocycles. The Kier molecular flexibility index (Phi) is 5.53. The summed E-state index contributed by atoms with van der Waals surface area (Å²) in [7, 11) is 0. The number of hydrogen-bond acceptors (Lipinski definition) is 3. The van der Waals surface area contributed by atoms with Crippen molar-refractivity contribution in [2.45, 2.75) is 19.1 Å². The molecule has 0 bridgehead atoms. The van der Waals surface area contributed by atoms with Crippen LogP contribution >= 0.6 is 15.9 Å². The van der Waals surface area contributed by atoms with Crippen LogP contribution in [0.4, 0.5) is 9.18 Å². The predicted octanol–water partition coefficient (Wildman–Crippen LogP) is 5.58. The highest BCUT2D eigenvalue weighted by molar-refractivity contribution is 9.10. The Labute approximate surface area is 176 Å². The van der Waals surface area contributed by atoms with E-state index in [2.05, 4.69) is 15.9 Å². The molecule has 3 aromatic rings. The molecule has 1 N–H and O–H groups in total. The van der Waals surface area contributed by atoms with Crippen LogP contribution in [0.25, 0.3) is 0 Å². The van der Waals surface area contributed by atoms with E-state index in [0.29, 0.717) is 18.5 Å². The molecule has 1 unspecified atom stereocenters. The molecule has 0 aromatic heterocycles. The van der Waals surface area contributed by atoms with E-state index in [1.54, 1.807) is 4.90 Å². The van der Waals surface area contributed by atoms with Crippen LogP contribution in [0.2, 0.25) is 0 Å². The van der Waals surface area contributed by atoms with Gasteiger partial charge in [-0.05, 0) is 47.4 Å². The summed E-state index contributed by atoms with van der Waals surface area (Å²) in [6.07, 6.45) is 0.122. The molecule has 0 fully saturated rings. The molecule has 29 heavy (non-hydrogen) atoms. The van der Waals surface area contributed by atoms with Gasteiger partial charge in [-0.2, -0.15) is 0 Å². The summed E-state index contributed by atoms with van der Waals surface area (Å²) in [6, 6.07) is 18.2. The van der Waals surface area contributed by atoms with E-state index in [0.717, 1.165) is 21.2 Å². The molecule has 1 atom stereocenters. The molecule has 0 aliphatic carbocycles. The van der Waals surface area contributed by atoms with Gasteiger partial charge in [0, 0.05) is 16.6 Å². The molecule has 6 heteroatoms. The lowest BCUT2D eigenvalue weighted by molar-refractivity contribution is 0.0832. The fourth-order valence-electron chi connectivity index (χ4n) is 3.70. The van der Waals surface area contributed by atoms with Crippen molar-refractivity contribution < 1.29 is 19.0 Å². The summed E-state index contributed by atoms with van der Waals surface area (Å²) in [6.45, 7) is 0.535. The number of ether oxygens (including phenoxy) is 1. The second-order valence-electron chi connectivity index (χ2n) is 6.90. The van der Waals surface area contributed by atoms with Gasteiger partial charge in [0.25, 0.3) is 0 Å². The highest BCUT2D eigenvalue weighted by atomic mass is 79.9. The third-order valence-electron chi connectivity index (χ3n) is 5.09. The SMILES string of the molecule is O=C(OCc1ccccc1)N1CCc2c(Br)cccc2C1c1cc(F)ccc1O. The van der Waals surface area contributed by atoms with E-state index < -0.39 is 18.0 Å². The van der Waals surface area contributed by atoms with Crippen LogP contribution in [0.15, 0.2) is 71.2 Å². The Balaban J connectivity index is 1.70. The lowest BCUT2D eigenvalue weighted by atomic mass is 9.88. The summed E-state index contributed by atoms with van der Waals surface area (Å²) in [4.78, 5) is 14.5. The Morgan fingerprint density at radius 3 is 2.69 bits per heavy atom. The van der Waals surface area contributed by atoms with Gasteiger partial charge >= 0.3 is 6.09 Å². The van der Waals surface area contributed by atoms with Crippen molar-refractivity contribution in [3.8, 4) is 5.75 Å². The molecule has 1 heterocycles. The van der Waals surface area contributed by atoms with Crippen molar-refractivity contribution >= 4 is 22.0 Å². The van der Waals surface area contributed by atoms with Gasteiger partial charge in [0.1, 0.15) is 18.2 Å². The number of rotatable bonds is 3. The molecule has 148 valence electrons. The predicted molar refractivity (Wildman–Crippen MR) is 111 cm³/mol. The molecule has 0 radical (unpaired) electrons. The first kappa shape index (κ1) is 19.5. The zero-order valence-electron chi connectivity index (χ0n) is 15.5. The van der Waals surface area contributed by atoms with Gasteiger partial charge < -0.3 is 9.84 Å². The number of nitrogens with zero attached hydrogens (tertiary/aromatic N) is 1. The highest BCUT2D eigenvalue weighted by Gasteiger charge is 2.35. The van der Waals surface area contributed by atoms with E-state index in [1.165, 1.54) is 18.2 Å². The van der Waals surface area contributed by atoms with Gasteiger partial charge in [-0.3, -0.25) is 4.90 Å². The Hall–Kier alpha value is -2.86. The molecule has 0 saturated heterocycles. The zero-order chi connectivity index (χ0) is 20.4. The summed E-state index contributed by atoms with van der Waals surface area (Å²) < 4.78 is 20.5. The number of fused-ring (bicyclic) bond motifs is 1. The molecular formula is C23H19BrFNO3. The number of carbonyl (C=O) groups excluding carboxylic acids is 1. The fourth-order valence-corrected chi connectivity index (χ4v) is 4.28. The number of aromatic hydroxyl groups is 1. The third kappa shape index (κ3) is 3.98. The van der Waals surface area contributed by atoms with Crippen LogP contribution in [-0.2, 0) is 17.8 Å². The maximum atomic E-state index is 14.0. The van der Waals surface area contributed by atoms with E-state index >= 15 is 0 Å². The Morgan fingerprint density at radius 1 is 1.10 bits per heavy atom. The maximum absolute atomic E-state index is 14.0. The number of amides is 1. The number of phenols is 1. The molecule has 1 amide bonds. The quantitative estimate of drug-likeness (QED) is 0.560. The lowest BCUT2D eigenvalue weighted by Crippen LogP contribution is -2.41. The topological polar surface area (TPSA) is 49.8 Å². The summed E-state index contributed by atoms with van der Waals surface area (Å²) in [5.41, 5.74) is 3.09. The van der Waals surface area contributed by atoms with Crippen LogP contribution in [0.1, 0.15) is 28.3 Å². The van der Waals surface area contributed by atoms with Gasteiger partial charge in [-0.15, -0.1) is 0 Å². The van der Waals surface area contributed by atoms with Gasteiger partial charge in [0.15, 0.2) is 0 Å². The number of benzene rings is 3. The van der Waals surface area contributed by atoms with Crippen LogP contribution in [0.3, 0.4) is 0 Å². The number of halogens is 2. The highest BCUT2D eigenvalue weighted by Crippen LogP contribution is 2.41. The fraction of sp³-hybridized carbons (Fsp3) is 0.174. The number of carbonyl (C=O) groups is 1. The van der Waals surface area contributed by atoms with Crippen LogP contribution in [0, 0.1) is 5.82 Å². The van der Waals surface area contributed by atoms with Crippen LogP contribution < -0.4 is 0 Å². The lowest BCUT2D eigenvalue weighted by Gasteiger charge is -2.37. The summed E-state index contributed by atoms with van der Waals surface area (Å²) >= 11 is 3.56. The molecule has 0 spiro atoms. The Bertz CT molecular complexity index is 1040. The van der Waals surface area contributed by atoms with Crippen molar-refractivity contribution in [2.75, 3.05) is 6.54 Å². The van der Waals surface area contributed by atoms with Crippen molar-refractivity contribution in [2.24, 2.45) is 0 Å². The largest absolute Gasteiger partial charge is 0.508 e.